The molecule has 0 amide bonds. The van der Waals surface area contributed by atoms with Crippen molar-refractivity contribution in [3.63, 3.8) is 0 Å². The Morgan fingerprint density at radius 3 is 2.44 bits per heavy atom. The Bertz CT molecular complexity index is 635. The quantitative estimate of drug-likeness (QED) is 0.800. The van der Waals surface area contributed by atoms with Crippen LogP contribution >= 0.6 is 15.9 Å². The molecular weight excluding hydrogens is 292 g/mol. The average Bonchev–Trinajstić information content (AvgIpc) is 2.28. The summed E-state index contributed by atoms with van der Waals surface area (Å²) in [6, 6.07) is 10.4. The lowest BCUT2D eigenvalue weighted by molar-refractivity contribution is 0.438. The minimum atomic E-state index is -3.73. The largest absolute Gasteiger partial charge is 0.297 e. The van der Waals surface area contributed by atoms with Crippen molar-refractivity contribution in [3.05, 3.63) is 48.0 Å². The number of benzene rings is 2. The summed E-state index contributed by atoms with van der Waals surface area (Å²) in [5, 5.41) is 1.79. The first-order valence-corrected chi connectivity index (χ1v) is 6.61. The summed E-state index contributed by atoms with van der Waals surface area (Å²) in [6.07, 6.45) is 0. The Kier molecular flexibility index (Phi) is 3.01. The molecule has 3 nitrogen and oxygen atoms in total. The molecule has 0 aliphatic carbocycles. The zero-order chi connectivity index (χ0) is 11.8. The number of halogens is 1. The average molecular weight is 300 g/mol. The van der Waals surface area contributed by atoms with E-state index < -0.39 is 10.1 Å². The predicted octanol–water partition coefficient (Wildman–Crippen LogP) is 3.10. The topological polar surface area (TPSA) is 43.4 Å². The van der Waals surface area contributed by atoms with Gasteiger partial charge in [-0.15, -0.1) is 0 Å². The third-order valence-electron chi connectivity index (χ3n) is 2.22. The van der Waals surface area contributed by atoms with Crippen LogP contribution in [-0.4, -0.2) is 8.42 Å². The molecule has 0 N–H and O–H groups in total. The lowest BCUT2D eigenvalue weighted by atomic mass is 10.1. The van der Waals surface area contributed by atoms with E-state index in [1.807, 2.05) is 18.2 Å². The van der Waals surface area contributed by atoms with Gasteiger partial charge < -0.3 is 0 Å². The standard InChI is InChI=1S/C11H8BrO3S/c1-15-16(13,14)11-5-3-8-2-4-10(12)6-9(8)7-11/h2-7H,1H2. The van der Waals surface area contributed by atoms with Gasteiger partial charge in [-0.05, 0) is 35.0 Å². The van der Waals surface area contributed by atoms with Gasteiger partial charge in [0, 0.05) is 4.47 Å². The number of hydrogen-bond acceptors (Lipinski definition) is 3. The monoisotopic (exact) mass is 299 g/mol. The smallest absolute Gasteiger partial charge is 0.264 e. The minimum absolute atomic E-state index is 0.105. The summed E-state index contributed by atoms with van der Waals surface area (Å²) >= 11 is 3.33. The van der Waals surface area contributed by atoms with Gasteiger partial charge in [0.1, 0.15) is 0 Å². The van der Waals surface area contributed by atoms with Gasteiger partial charge in [0.2, 0.25) is 0 Å². The highest BCUT2D eigenvalue weighted by Crippen LogP contribution is 2.23. The molecule has 83 valence electrons. The Labute approximate surface area is 102 Å². The minimum Gasteiger partial charge on any atom is -0.264 e. The molecule has 0 fully saturated rings. The van der Waals surface area contributed by atoms with Gasteiger partial charge in [-0.25, -0.2) is 0 Å². The fraction of sp³-hybridized carbons (Fsp3) is 0. The van der Waals surface area contributed by atoms with Crippen molar-refractivity contribution < 1.29 is 12.6 Å². The van der Waals surface area contributed by atoms with Crippen LogP contribution in [-0.2, 0) is 14.3 Å². The van der Waals surface area contributed by atoms with Crippen LogP contribution in [0.25, 0.3) is 10.8 Å². The molecule has 0 atom stereocenters. The van der Waals surface area contributed by atoms with Gasteiger partial charge in [-0.3, -0.25) is 4.18 Å². The van der Waals surface area contributed by atoms with E-state index in [1.165, 1.54) is 6.07 Å². The Hall–Kier alpha value is -0.910. The van der Waals surface area contributed by atoms with E-state index in [0.717, 1.165) is 15.2 Å². The van der Waals surface area contributed by atoms with Crippen LogP contribution in [0.2, 0.25) is 0 Å². The first-order valence-electron chi connectivity index (χ1n) is 4.41. The molecule has 0 aliphatic rings. The van der Waals surface area contributed by atoms with Crippen molar-refractivity contribution in [2.75, 3.05) is 0 Å². The maximum Gasteiger partial charge on any atom is 0.297 e. The van der Waals surface area contributed by atoms with Crippen LogP contribution in [0, 0.1) is 7.11 Å². The highest BCUT2D eigenvalue weighted by Gasteiger charge is 2.13. The highest BCUT2D eigenvalue weighted by molar-refractivity contribution is 9.10. The summed E-state index contributed by atoms with van der Waals surface area (Å²) in [7, 11) is -0.795. The van der Waals surface area contributed by atoms with Crippen molar-refractivity contribution in [1.29, 1.82) is 0 Å². The molecule has 0 unspecified atom stereocenters. The summed E-state index contributed by atoms with van der Waals surface area (Å²) in [5.41, 5.74) is 0. The fourth-order valence-corrected chi connectivity index (χ4v) is 2.44. The molecule has 1 radical (unpaired) electrons. The molecule has 0 heterocycles. The zero-order valence-corrected chi connectivity index (χ0v) is 10.6. The third kappa shape index (κ3) is 2.11. The van der Waals surface area contributed by atoms with Gasteiger partial charge in [0.05, 0.1) is 12.0 Å². The van der Waals surface area contributed by atoms with Gasteiger partial charge in [-0.1, -0.05) is 28.1 Å². The van der Waals surface area contributed by atoms with Gasteiger partial charge >= 0.3 is 0 Å². The van der Waals surface area contributed by atoms with Crippen molar-refractivity contribution >= 4 is 36.8 Å². The molecule has 2 aromatic rings. The Morgan fingerprint density at radius 1 is 1.06 bits per heavy atom. The van der Waals surface area contributed by atoms with Crippen LogP contribution in [0.5, 0.6) is 0 Å². The maximum absolute atomic E-state index is 11.4. The second-order valence-electron chi connectivity index (χ2n) is 3.23. The Balaban J connectivity index is 2.68. The summed E-state index contributed by atoms with van der Waals surface area (Å²) in [5.74, 6) is 0. The first kappa shape index (κ1) is 11.6. The molecule has 0 saturated carbocycles. The van der Waals surface area contributed by atoms with Crippen LogP contribution in [0.3, 0.4) is 0 Å². The molecule has 16 heavy (non-hydrogen) atoms. The summed E-state index contributed by atoms with van der Waals surface area (Å²) < 4.78 is 28.0. The van der Waals surface area contributed by atoms with Gasteiger partial charge in [-0.2, -0.15) is 8.42 Å². The van der Waals surface area contributed by atoms with Gasteiger partial charge in [0.25, 0.3) is 10.1 Å². The van der Waals surface area contributed by atoms with Crippen LogP contribution in [0.15, 0.2) is 45.8 Å². The number of hydrogen-bond donors (Lipinski definition) is 0. The number of fused-ring (bicyclic) bond motifs is 1. The van der Waals surface area contributed by atoms with E-state index in [0.29, 0.717) is 0 Å². The predicted molar refractivity (Wildman–Crippen MR) is 65.3 cm³/mol. The van der Waals surface area contributed by atoms with Crippen molar-refractivity contribution in [1.82, 2.24) is 0 Å². The van der Waals surface area contributed by atoms with E-state index in [4.69, 9.17) is 0 Å². The Morgan fingerprint density at radius 2 is 1.75 bits per heavy atom. The zero-order valence-electron chi connectivity index (χ0n) is 8.18. The molecule has 2 aromatic carbocycles. The molecule has 0 aliphatic heterocycles. The molecule has 5 heteroatoms. The van der Waals surface area contributed by atoms with E-state index in [9.17, 15) is 8.42 Å². The summed E-state index contributed by atoms with van der Waals surface area (Å²) in [6.45, 7) is 0. The lowest BCUT2D eigenvalue weighted by Gasteiger charge is -2.03. The molecule has 0 saturated heterocycles. The molecule has 0 aromatic heterocycles. The van der Waals surface area contributed by atoms with E-state index >= 15 is 0 Å². The first-order chi connectivity index (χ1) is 7.53. The molecule has 2 rings (SSSR count). The molecular formula is C11H8BrO3S. The number of rotatable bonds is 2. The fourth-order valence-electron chi connectivity index (χ4n) is 1.42. The SMILES string of the molecule is [CH2]OS(=O)(=O)c1ccc2ccc(Br)cc2c1. The summed E-state index contributed by atoms with van der Waals surface area (Å²) in [4.78, 5) is 0.105. The van der Waals surface area contributed by atoms with Crippen molar-refractivity contribution in [3.8, 4) is 0 Å². The van der Waals surface area contributed by atoms with Crippen LogP contribution in [0.1, 0.15) is 0 Å². The lowest BCUT2D eigenvalue weighted by Crippen LogP contribution is -2.00. The van der Waals surface area contributed by atoms with E-state index in [-0.39, 0.29) is 4.90 Å². The van der Waals surface area contributed by atoms with E-state index in [1.54, 1.807) is 12.1 Å². The third-order valence-corrected chi connectivity index (χ3v) is 3.85. The van der Waals surface area contributed by atoms with Crippen molar-refractivity contribution in [2.45, 2.75) is 4.90 Å². The second-order valence-corrected chi connectivity index (χ2v) is 5.76. The molecule has 0 bridgehead atoms. The molecule has 0 spiro atoms. The second kappa shape index (κ2) is 4.16. The highest BCUT2D eigenvalue weighted by atomic mass is 79.9. The maximum atomic E-state index is 11.4. The normalized spacial score (nSPS) is 11.9. The van der Waals surface area contributed by atoms with Crippen LogP contribution < -0.4 is 0 Å². The van der Waals surface area contributed by atoms with Gasteiger partial charge in [0.15, 0.2) is 0 Å². The van der Waals surface area contributed by atoms with E-state index in [2.05, 4.69) is 27.2 Å². The van der Waals surface area contributed by atoms with Crippen LogP contribution in [0.4, 0.5) is 0 Å². The van der Waals surface area contributed by atoms with Crippen molar-refractivity contribution in [2.24, 2.45) is 0 Å².